The highest BCUT2D eigenvalue weighted by molar-refractivity contribution is 5.92. The van der Waals surface area contributed by atoms with E-state index in [4.69, 9.17) is 0 Å². The van der Waals surface area contributed by atoms with E-state index in [-0.39, 0.29) is 11.8 Å². The van der Waals surface area contributed by atoms with Crippen molar-refractivity contribution < 1.29 is 9.90 Å². The SMILES string of the molecule is C[C@@H]1CN(c2cncc(C(=O)N3CCCC3)n2)CC[C@@]1(O)C1CC1. The Kier molecular flexibility index (Phi) is 3.95. The van der Waals surface area contributed by atoms with Crippen LogP contribution in [0.2, 0.25) is 0 Å². The summed E-state index contributed by atoms with van der Waals surface area (Å²) in [6.07, 6.45) is 8.52. The highest BCUT2D eigenvalue weighted by atomic mass is 16.3. The first kappa shape index (κ1) is 15.8. The highest BCUT2D eigenvalue weighted by Gasteiger charge is 2.49. The molecule has 3 heterocycles. The zero-order chi connectivity index (χ0) is 16.7. The molecule has 1 aromatic rings. The number of nitrogens with zero attached hydrogens (tertiary/aromatic N) is 4. The van der Waals surface area contributed by atoms with Crippen LogP contribution < -0.4 is 4.90 Å². The lowest BCUT2D eigenvalue weighted by molar-refractivity contribution is -0.0470. The Balaban J connectivity index is 1.48. The van der Waals surface area contributed by atoms with Gasteiger partial charge in [0.2, 0.25) is 0 Å². The van der Waals surface area contributed by atoms with Crippen molar-refractivity contribution in [3.8, 4) is 0 Å². The summed E-state index contributed by atoms with van der Waals surface area (Å²) < 4.78 is 0. The summed E-state index contributed by atoms with van der Waals surface area (Å²) in [5.74, 6) is 1.42. The van der Waals surface area contributed by atoms with E-state index in [1.807, 2.05) is 4.90 Å². The largest absolute Gasteiger partial charge is 0.389 e. The van der Waals surface area contributed by atoms with Crippen LogP contribution in [0.1, 0.15) is 49.5 Å². The van der Waals surface area contributed by atoms with Crippen molar-refractivity contribution in [1.82, 2.24) is 14.9 Å². The summed E-state index contributed by atoms with van der Waals surface area (Å²) in [7, 11) is 0. The Morgan fingerprint density at radius 2 is 2.00 bits per heavy atom. The Morgan fingerprint density at radius 1 is 1.25 bits per heavy atom. The van der Waals surface area contributed by atoms with Crippen LogP contribution >= 0.6 is 0 Å². The van der Waals surface area contributed by atoms with Gasteiger partial charge < -0.3 is 14.9 Å². The van der Waals surface area contributed by atoms with Crippen molar-refractivity contribution in [1.29, 1.82) is 0 Å². The van der Waals surface area contributed by atoms with Crippen molar-refractivity contribution in [2.24, 2.45) is 11.8 Å². The minimum absolute atomic E-state index is 0.0126. The first-order chi connectivity index (χ1) is 11.6. The van der Waals surface area contributed by atoms with Crippen molar-refractivity contribution >= 4 is 11.7 Å². The van der Waals surface area contributed by atoms with E-state index in [1.165, 1.54) is 0 Å². The van der Waals surface area contributed by atoms with Gasteiger partial charge in [0.05, 0.1) is 18.0 Å². The summed E-state index contributed by atoms with van der Waals surface area (Å²) >= 11 is 0. The third-order valence-corrected chi connectivity index (χ3v) is 5.97. The summed E-state index contributed by atoms with van der Waals surface area (Å²) in [6, 6.07) is 0. The maximum atomic E-state index is 12.5. The number of likely N-dealkylation sites (tertiary alicyclic amines) is 1. The fourth-order valence-electron chi connectivity index (χ4n) is 4.23. The number of piperidine rings is 1. The van der Waals surface area contributed by atoms with Gasteiger partial charge in [-0.05, 0) is 38.0 Å². The molecule has 6 heteroatoms. The van der Waals surface area contributed by atoms with Crippen LogP contribution in [0.4, 0.5) is 5.82 Å². The molecule has 4 rings (SSSR count). The average molecular weight is 330 g/mol. The number of amides is 1. The third kappa shape index (κ3) is 2.77. The van der Waals surface area contributed by atoms with Crippen LogP contribution in [0.15, 0.2) is 12.4 Å². The van der Waals surface area contributed by atoms with Crippen LogP contribution in [0, 0.1) is 11.8 Å². The molecule has 0 aromatic carbocycles. The molecular formula is C18H26N4O2. The lowest BCUT2D eigenvalue weighted by atomic mass is 9.78. The lowest BCUT2D eigenvalue weighted by Crippen LogP contribution is -2.52. The second kappa shape index (κ2) is 5.99. The molecule has 3 aliphatic rings. The van der Waals surface area contributed by atoms with Gasteiger partial charge in [0.25, 0.3) is 5.91 Å². The molecule has 1 aliphatic carbocycles. The van der Waals surface area contributed by atoms with E-state index in [0.29, 0.717) is 11.6 Å². The van der Waals surface area contributed by atoms with E-state index in [2.05, 4.69) is 21.8 Å². The number of hydrogen-bond donors (Lipinski definition) is 1. The van der Waals surface area contributed by atoms with Crippen LogP contribution in [0.25, 0.3) is 0 Å². The standard InChI is InChI=1S/C18H26N4O2/c1-13-12-22(9-6-18(13,24)14-4-5-14)16-11-19-10-15(20-16)17(23)21-7-2-3-8-21/h10-11,13-14,24H,2-9,12H2,1H3/t13-,18+/m1/s1. The molecule has 24 heavy (non-hydrogen) atoms. The summed E-state index contributed by atoms with van der Waals surface area (Å²) in [4.78, 5) is 25.4. The maximum absolute atomic E-state index is 12.5. The molecule has 2 aliphatic heterocycles. The number of aromatic nitrogens is 2. The van der Waals surface area contributed by atoms with Crippen LogP contribution in [-0.2, 0) is 0 Å². The normalized spacial score (nSPS) is 30.7. The number of hydrogen-bond acceptors (Lipinski definition) is 5. The van der Waals surface area contributed by atoms with E-state index < -0.39 is 5.60 Å². The summed E-state index contributed by atoms with van der Waals surface area (Å²) in [5.41, 5.74) is -0.0857. The van der Waals surface area contributed by atoms with Crippen LogP contribution in [-0.4, -0.2) is 57.7 Å². The molecule has 1 aromatic heterocycles. The number of carbonyl (C=O) groups is 1. The van der Waals surface area contributed by atoms with Gasteiger partial charge >= 0.3 is 0 Å². The fraction of sp³-hybridized carbons (Fsp3) is 0.722. The van der Waals surface area contributed by atoms with Gasteiger partial charge in [-0.1, -0.05) is 6.92 Å². The van der Waals surface area contributed by atoms with Gasteiger partial charge in [-0.2, -0.15) is 0 Å². The number of carbonyl (C=O) groups excluding carboxylic acids is 1. The minimum atomic E-state index is -0.521. The molecule has 1 saturated carbocycles. The van der Waals surface area contributed by atoms with Crippen molar-refractivity contribution in [3.63, 3.8) is 0 Å². The average Bonchev–Trinajstić information content (AvgIpc) is 3.33. The Morgan fingerprint density at radius 3 is 2.67 bits per heavy atom. The van der Waals surface area contributed by atoms with E-state index in [0.717, 1.165) is 64.1 Å². The minimum Gasteiger partial charge on any atom is -0.389 e. The van der Waals surface area contributed by atoms with Crippen LogP contribution in [0.5, 0.6) is 0 Å². The molecular weight excluding hydrogens is 304 g/mol. The molecule has 0 radical (unpaired) electrons. The second-order valence-electron chi connectivity index (χ2n) is 7.62. The molecule has 2 saturated heterocycles. The van der Waals surface area contributed by atoms with Crippen LogP contribution in [0.3, 0.4) is 0 Å². The Labute approximate surface area is 142 Å². The third-order valence-electron chi connectivity index (χ3n) is 5.97. The predicted molar refractivity (Wildman–Crippen MR) is 90.8 cm³/mol. The monoisotopic (exact) mass is 330 g/mol. The highest BCUT2D eigenvalue weighted by Crippen LogP contribution is 2.47. The first-order valence-electron chi connectivity index (χ1n) is 9.16. The molecule has 1 amide bonds. The second-order valence-corrected chi connectivity index (χ2v) is 7.62. The Hall–Kier alpha value is -1.69. The zero-order valence-corrected chi connectivity index (χ0v) is 14.3. The number of rotatable bonds is 3. The van der Waals surface area contributed by atoms with Gasteiger partial charge in [0.15, 0.2) is 0 Å². The first-order valence-corrected chi connectivity index (χ1v) is 9.16. The molecule has 3 fully saturated rings. The molecule has 2 atom stereocenters. The van der Waals surface area contributed by atoms with Gasteiger partial charge in [-0.15, -0.1) is 0 Å². The van der Waals surface area contributed by atoms with Crippen molar-refractivity contribution in [3.05, 3.63) is 18.1 Å². The van der Waals surface area contributed by atoms with Crippen molar-refractivity contribution in [2.45, 2.75) is 44.6 Å². The van der Waals surface area contributed by atoms with Gasteiger partial charge in [-0.25, -0.2) is 4.98 Å². The predicted octanol–water partition coefficient (Wildman–Crippen LogP) is 1.70. The van der Waals surface area contributed by atoms with E-state index in [1.54, 1.807) is 12.4 Å². The van der Waals surface area contributed by atoms with Gasteiger partial charge in [-0.3, -0.25) is 9.78 Å². The lowest BCUT2D eigenvalue weighted by Gasteiger charge is -2.44. The molecule has 0 spiro atoms. The van der Waals surface area contributed by atoms with E-state index in [9.17, 15) is 9.90 Å². The summed E-state index contributed by atoms with van der Waals surface area (Å²) in [6.45, 7) is 5.30. The molecule has 1 N–H and O–H groups in total. The van der Waals surface area contributed by atoms with E-state index >= 15 is 0 Å². The zero-order valence-electron chi connectivity index (χ0n) is 14.3. The number of anilines is 1. The Bertz CT molecular complexity index is 627. The maximum Gasteiger partial charge on any atom is 0.274 e. The van der Waals surface area contributed by atoms with Gasteiger partial charge in [0.1, 0.15) is 11.5 Å². The molecule has 6 nitrogen and oxygen atoms in total. The fourth-order valence-corrected chi connectivity index (χ4v) is 4.23. The number of aliphatic hydroxyl groups is 1. The smallest absolute Gasteiger partial charge is 0.274 e. The quantitative estimate of drug-likeness (QED) is 0.913. The molecule has 0 bridgehead atoms. The molecule has 0 unspecified atom stereocenters. The van der Waals surface area contributed by atoms with Crippen molar-refractivity contribution in [2.75, 3.05) is 31.1 Å². The van der Waals surface area contributed by atoms with Gasteiger partial charge in [0, 0.05) is 32.1 Å². The molecule has 130 valence electrons. The topological polar surface area (TPSA) is 69.6 Å². The summed E-state index contributed by atoms with van der Waals surface area (Å²) in [5, 5.41) is 10.9.